The van der Waals surface area contributed by atoms with E-state index in [4.69, 9.17) is 9.47 Å². The van der Waals surface area contributed by atoms with Crippen molar-refractivity contribution in [3.8, 4) is 5.75 Å². The zero-order chi connectivity index (χ0) is 27.3. The van der Waals surface area contributed by atoms with E-state index in [0.717, 1.165) is 41.6 Å². The SMILES string of the molecule is CCOC(=O)CC(CCc1cnn(CC)c1)c1ccc(C)c(CN2CC(C)Oc3ccccc3S2(O)O)c1. The van der Waals surface area contributed by atoms with Gasteiger partial charge in [0.2, 0.25) is 0 Å². The molecule has 8 nitrogen and oxygen atoms in total. The first-order valence-corrected chi connectivity index (χ1v) is 14.8. The molecule has 4 rings (SSSR count). The van der Waals surface area contributed by atoms with Gasteiger partial charge in [0.05, 0.1) is 25.8 Å². The zero-order valence-corrected chi connectivity index (χ0v) is 23.5. The van der Waals surface area contributed by atoms with Crippen LogP contribution in [0.5, 0.6) is 5.75 Å². The van der Waals surface area contributed by atoms with Crippen LogP contribution in [-0.4, -0.2) is 48.4 Å². The van der Waals surface area contributed by atoms with Crippen LogP contribution in [0.15, 0.2) is 59.8 Å². The van der Waals surface area contributed by atoms with Gasteiger partial charge in [-0.25, -0.2) is 0 Å². The molecule has 0 bridgehead atoms. The summed E-state index contributed by atoms with van der Waals surface area (Å²) in [5.41, 5.74) is 4.22. The van der Waals surface area contributed by atoms with Crippen LogP contribution in [0.4, 0.5) is 0 Å². The highest BCUT2D eigenvalue weighted by atomic mass is 32.3. The highest BCUT2D eigenvalue weighted by Gasteiger charge is 2.34. The Balaban J connectivity index is 1.60. The predicted molar refractivity (Wildman–Crippen MR) is 149 cm³/mol. The maximum atomic E-state index is 12.5. The first-order valence-electron chi connectivity index (χ1n) is 13.3. The fourth-order valence-electron chi connectivity index (χ4n) is 4.87. The number of carbonyl (C=O) groups is 1. The molecule has 1 aliphatic heterocycles. The molecule has 0 aliphatic carbocycles. The van der Waals surface area contributed by atoms with Gasteiger partial charge in [0.25, 0.3) is 0 Å². The molecule has 0 saturated carbocycles. The van der Waals surface area contributed by atoms with Gasteiger partial charge in [0, 0.05) is 19.3 Å². The minimum atomic E-state index is -3.25. The molecule has 2 N–H and O–H groups in total. The molecular weight excluding hydrogens is 502 g/mol. The number of ether oxygens (including phenoxy) is 2. The van der Waals surface area contributed by atoms with Crippen molar-refractivity contribution in [2.75, 3.05) is 13.2 Å². The Bertz CT molecular complexity index is 1240. The lowest BCUT2D eigenvalue weighted by atomic mass is 9.88. The Kier molecular flexibility index (Phi) is 9.15. The number of para-hydroxylation sites is 1. The van der Waals surface area contributed by atoms with Crippen molar-refractivity contribution >= 4 is 16.7 Å². The monoisotopic (exact) mass is 541 g/mol. The summed E-state index contributed by atoms with van der Waals surface area (Å²) in [6.45, 7) is 9.71. The summed E-state index contributed by atoms with van der Waals surface area (Å²) in [4.78, 5) is 12.9. The molecule has 9 heteroatoms. The quantitative estimate of drug-likeness (QED) is 0.296. The van der Waals surface area contributed by atoms with Gasteiger partial charge >= 0.3 is 5.97 Å². The average Bonchev–Trinajstić information content (AvgIpc) is 3.32. The molecule has 3 aromatic rings. The van der Waals surface area contributed by atoms with Crippen LogP contribution in [0.1, 0.15) is 61.8 Å². The van der Waals surface area contributed by atoms with Crippen LogP contribution < -0.4 is 4.74 Å². The van der Waals surface area contributed by atoms with Crippen molar-refractivity contribution in [2.45, 2.75) is 77.0 Å². The van der Waals surface area contributed by atoms with Crippen molar-refractivity contribution in [3.05, 3.63) is 77.1 Å². The third-order valence-electron chi connectivity index (χ3n) is 7.00. The lowest BCUT2D eigenvalue weighted by Crippen LogP contribution is -2.33. The van der Waals surface area contributed by atoms with E-state index in [9.17, 15) is 13.9 Å². The Morgan fingerprint density at radius 2 is 2.03 bits per heavy atom. The number of aryl methyl sites for hydroxylation is 3. The number of aromatic nitrogens is 2. The summed E-state index contributed by atoms with van der Waals surface area (Å²) in [6, 6.07) is 13.3. The molecule has 0 amide bonds. The van der Waals surface area contributed by atoms with Gasteiger partial charge in [-0.3, -0.25) is 18.6 Å². The van der Waals surface area contributed by atoms with E-state index in [1.807, 2.05) is 43.9 Å². The summed E-state index contributed by atoms with van der Waals surface area (Å²) in [5.74, 6) is 0.257. The van der Waals surface area contributed by atoms with E-state index in [1.165, 1.54) is 0 Å². The highest BCUT2D eigenvalue weighted by molar-refractivity contribution is 8.22. The zero-order valence-electron chi connectivity index (χ0n) is 22.7. The second-order valence-electron chi connectivity index (χ2n) is 9.85. The molecule has 2 unspecified atom stereocenters. The van der Waals surface area contributed by atoms with Gasteiger partial charge in [0.1, 0.15) is 16.7 Å². The van der Waals surface area contributed by atoms with Gasteiger partial charge in [-0.1, -0.05) is 30.3 Å². The molecule has 0 fully saturated rings. The molecule has 2 heterocycles. The fraction of sp³-hybridized carbons (Fsp3) is 0.448. The van der Waals surface area contributed by atoms with Crippen LogP contribution in [0.25, 0.3) is 0 Å². The Morgan fingerprint density at radius 1 is 1.24 bits per heavy atom. The second kappa shape index (κ2) is 12.3. The Morgan fingerprint density at radius 3 is 2.76 bits per heavy atom. The smallest absolute Gasteiger partial charge is 0.306 e. The third-order valence-corrected chi connectivity index (χ3v) is 8.92. The van der Waals surface area contributed by atoms with E-state index in [2.05, 4.69) is 30.2 Å². The number of hydrogen-bond acceptors (Lipinski definition) is 7. The largest absolute Gasteiger partial charge is 0.487 e. The maximum absolute atomic E-state index is 12.5. The topological polar surface area (TPSA) is 97.1 Å². The van der Waals surface area contributed by atoms with Gasteiger partial charge < -0.3 is 9.47 Å². The number of nitrogens with zero attached hydrogens (tertiary/aromatic N) is 3. The third kappa shape index (κ3) is 6.58. The maximum Gasteiger partial charge on any atom is 0.306 e. The summed E-state index contributed by atoms with van der Waals surface area (Å²) < 4.78 is 37.6. The summed E-state index contributed by atoms with van der Waals surface area (Å²) in [5, 5.41) is 4.37. The van der Waals surface area contributed by atoms with Gasteiger partial charge in [-0.05, 0) is 80.8 Å². The molecular formula is C29H39N3O5S. The highest BCUT2D eigenvalue weighted by Crippen LogP contribution is 2.57. The second-order valence-corrected chi connectivity index (χ2v) is 11.8. The number of benzene rings is 2. The van der Waals surface area contributed by atoms with Crippen molar-refractivity contribution in [2.24, 2.45) is 0 Å². The minimum Gasteiger partial charge on any atom is -0.487 e. The Labute approximate surface area is 227 Å². The van der Waals surface area contributed by atoms with Gasteiger partial charge in [0.15, 0.2) is 0 Å². The first-order chi connectivity index (χ1) is 18.2. The molecule has 0 radical (unpaired) electrons. The molecule has 2 atom stereocenters. The molecule has 1 aromatic heterocycles. The summed E-state index contributed by atoms with van der Waals surface area (Å²) in [6.07, 6.45) is 5.58. The average molecular weight is 542 g/mol. The summed E-state index contributed by atoms with van der Waals surface area (Å²) >= 11 is 0. The van der Waals surface area contributed by atoms with E-state index in [0.29, 0.717) is 30.3 Å². The van der Waals surface area contributed by atoms with Crippen LogP contribution in [0.3, 0.4) is 0 Å². The van der Waals surface area contributed by atoms with E-state index < -0.39 is 10.8 Å². The molecule has 1 aliphatic rings. The lowest BCUT2D eigenvalue weighted by molar-refractivity contribution is -0.143. The minimum absolute atomic E-state index is 0.0362. The molecule has 38 heavy (non-hydrogen) atoms. The number of carbonyl (C=O) groups excluding carboxylic acids is 1. The van der Waals surface area contributed by atoms with Gasteiger partial charge in [-0.2, -0.15) is 9.40 Å². The standard InChI is InChI=1S/C29H39N3O5S/c1-5-31-19-23(17-30-31)12-14-25(16-29(33)36-6-2)24-13-11-21(3)26(15-24)20-32-18-22(4)37-27-9-7-8-10-28(27)38(32,34)35/h7-11,13,15,17,19,22,25,34-35H,5-6,12,14,16,18,20H2,1-4H3. The Hall–Kier alpha value is -2.85. The van der Waals surface area contributed by atoms with Crippen molar-refractivity contribution < 1.29 is 23.4 Å². The molecule has 0 saturated heterocycles. The van der Waals surface area contributed by atoms with E-state index in [-0.39, 0.29) is 24.4 Å². The van der Waals surface area contributed by atoms with E-state index >= 15 is 0 Å². The van der Waals surface area contributed by atoms with Crippen molar-refractivity contribution in [1.82, 2.24) is 14.1 Å². The molecule has 206 valence electrons. The molecule has 2 aromatic carbocycles. The van der Waals surface area contributed by atoms with Crippen LogP contribution >= 0.6 is 10.8 Å². The molecule has 0 spiro atoms. The normalized spacial score (nSPS) is 18.6. The van der Waals surface area contributed by atoms with Crippen LogP contribution in [0.2, 0.25) is 0 Å². The number of esters is 1. The van der Waals surface area contributed by atoms with Crippen LogP contribution in [0, 0.1) is 6.92 Å². The summed E-state index contributed by atoms with van der Waals surface area (Å²) in [7, 11) is -3.25. The van der Waals surface area contributed by atoms with Crippen molar-refractivity contribution in [3.63, 3.8) is 0 Å². The first kappa shape index (κ1) is 28.2. The van der Waals surface area contributed by atoms with Crippen LogP contribution in [-0.2, 0) is 29.0 Å². The number of rotatable bonds is 10. The number of hydrogen-bond donors (Lipinski definition) is 2. The fourth-order valence-corrected chi connectivity index (χ4v) is 6.54. The number of fused-ring (bicyclic) bond motifs is 1. The predicted octanol–water partition coefficient (Wildman–Crippen LogP) is 6.19. The lowest BCUT2D eigenvalue weighted by Gasteiger charge is -2.42. The van der Waals surface area contributed by atoms with Crippen molar-refractivity contribution in [1.29, 1.82) is 0 Å². The van der Waals surface area contributed by atoms with Gasteiger partial charge in [-0.15, -0.1) is 10.8 Å². The van der Waals surface area contributed by atoms with E-state index in [1.54, 1.807) is 22.5 Å².